The smallest absolute Gasteiger partial charge is 0.394 e. The topological polar surface area (TPSA) is 192 Å². The Morgan fingerprint density at radius 1 is 0.750 bits per heavy atom. The first kappa shape index (κ1) is 48.6. The summed E-state index contributed by atoms with van der Waals surface area (Å²) >= 11 is 0. The number of aliphatic hydroxyl groups excluding tert-OH is 4. The Hall–Kier alpha value is -1.42. The van der Waals surface area contributed by atoms with Crippen molar-refractivity contribution in [1.82, 2.24) is 5.32 Å². The molecule has 0 radical (unpaired) electrons. The lowest BCUT2D eigenvalue weighted by Gasteiger charge is -2.41. The number of allylic oxidation sites excluding steroid dienone is 3. The molecular weight excluding hydrogens is 690 g/mol. The maximum atomic E-state index is 12.9. The summed E-state index contributed by atoms with van der Waals surface area (Å²) < 4.78 is 47.4. The van der Waals surface area contributed by atoms with E-state index in [9.17, 15) is 33.6 Å². The first-order chi connectivity index (χ1) is 25.0. The molecule has 1 amide bonds. The molecule has 0 aromatic heterocycles. The molecule has 0 spiro atoms. The maximum absolute atomic E-state index is 12.9. The fourth-order valence-corrected chi connectivity index (χ4v) is 6.78. The van der Waals surface area contributed by atoms with Crippen LogP contribution in [0, 0.1) is 0 Å². The Bertz CT molecular complexity index is 1040. The van der Waals surface area contributed by atoms with E-state index in [2.05, 4.69) is 35.5 Å². The zero-order chi connectivity index (χ0) is 38.5. The lowest BCUT2D eigenvalue weighted by molar-refractivity contribution is -0.298. The molecule has 6 N–H and O–H groups in total. The van der Waals surface area contributed by atoms with Crippen LogP contribution in [-0.4, -0.2) is 95.4 Å². The van der Waals surface area contributed by atoms with Crippen LogP contribution in [0.5, 0.6) is 0 Å². The number of carbonyl (C=O) groups is 1. The summed E-state index contributed by atoms with van der Waals surface area (Å²) in [6.07, 6.45) is 23.7. The third-order valence-corrected chi connectivity index (χ3v) is 9.94. The molecule has 1 heterocycles. The van der Waals surface area contributed by atoms with Crippen molar-refractivity contribution in [2.75, 3.05) is 13.2 Å². The number of hydrogen-bond donors (Lipinski definition) is 6. The minimum Gasteiger partial charge on any atom is -0.394 e. The molecule has 1 aliphatic heterocycles. The van der Waals surface area contributed by atoms with Crippen LogP contribution in [0.2, 0.25) is 0 Å². The molecular formula is C39H73NO11S. The summed E-state index contributed by atoms with van der Waals surface area (Å²) in [7, 11) is -5.08. The summed E-state index contributed by atoms with van der Waals surface area (Å²) in [5.74, 6) is -0.282. The van der Waals surface area contributed by atoms with Crippen molar-refractivity contribution in [3.63, 3.8) is 0 Å². The van der Waals surface area contributed by atoms with Crippen LogP contribution in [0.3, 0.4) is 0 Å². The van der Waals surface area contributed by atoms with E-state index in [1.165, 1.54) is 89.9 Å². The average Bonchev–Trinajstić information content (AvgIpc) is 3.11. The van der Waals surface area contributed by atoms with Gasteiger partial charge in [-0.15, -0.1) is 0 Å². The fraction of sp³-hybridized carbons (Fsp3) is 0.872. The Morgan fingerprint density at radius 2 is 1.23 bits per heavy atom. The van der Waals surface area contributed by atoms with Gasteiger partial charge in [-0.2, -0.15) is 8.42 Å². The summed E-state index contributed by atoms with van der Waals surface area (Å²) in [4.78, 5) is 12.9. The lowest BCUT2D eigenvalue weighted by Crippen LogP contribution is -2.61. The van der Waals surface area contributed by atoms with Gasteiger partial charge in [0.2, 0.25) is 5.91 Å². The van der Waals surface area contributed by atoms with Crippen LogP contribution in [0.4, 0.5) is 0 Å². The molecule has 1 saturated heterocycles. The Morgan fingerprint density at radius 3 is 1.73 bits per heavy atom. The third kappa shape index (κ3) is 24.1. The molecule has 7 atom stereocenters. The van der Waals surface area contributed by atoms with E-state index in [1.54, 1.807) is 6.08 Å². The monoisotopic (exact) mass is 763 g/mol. The number of rotatable bonds is 33. The molecule has 12 nitrogen and oxygen atoms in total. The van der Waals surface area contributed by atoms with E-state index >= 15 is 0 Å². The third-order valence-electron chi connectivity index (χ3n) is 9.48. The standard InChI is InChI=1S/C39H73NO11S/c1-3-5-7-9-11-13-15-17-19-21-23-25-27-29-35(43)40-32(33(42)28-26-24-22-20-18-16-14-12-10-8-6-4-2)31-49-39-37(45)38(51-52(46,47)48)36(44)34(30-41)50-39/h17,19,26,28,32-34,36-39,41-42,44-45H,3-16,18,20-25,27,29-31H2,1-2H3,(H,40,43)(H,46,47,48)/b19-17-,28-26+. The Balaban J connectivity index is 2.64. The molecule has 13 heteroatoms. The summed E-state index contributed by atoms with van der Waals surface area (Å²) in [5.41, 5.74) is 0. The van der Waals surface area contributed by atoms with Crippen LogP contribution in [0.1, 0.15) is 162 Å². The van der Waals surface area contributed by atoms with Gasteiger partial charge in [-0.3, -0.25) is 9.35 Å². The minimum atomic E-state index is -5.08. The van der Waals surface area contributed by atoms with E-state index in [0.29, 0.717) is 6.42 Å². The Kier molecular flexibility index (Phi) is 28.8. The average molecular weight is 764 g/mol. The highest BCUT2D eigenvalue weighted by Crippen LogP contribution is 2.26. The zero-order valence-corrected chi connectivity index (χ0v) is 32.9. The van der Waals surface area contributed by atoms with E-state index < -0.39 is 59.9 Å². The first-order valence-electron chi connectivity index (χ1n) is 20.2. The number of nitrogens with one attached hydrogen (secondary N) is 1. The molecule has 1 fully saturated rings. The summed E-state index contributed by atoms with van der Waals surface area (Å²) in [6.45, 7) is 3.32. The van der Waals surface area contributed by atoms with Gasteiger partial charge in [-0.25, -0.2) is 4.18 Å². The minimum absolute atomic E-state index is 0.249. The maximum Gasteiger partial charge on any atom is 0.397 e. The zero-order valence-electron chi connectivity index (χ0n) is 32.1. The van der Waals surface area contributed by atoms with Crippen LogP contribution >= 0.6 is 0 Å². The van der Waals surface area contributed by atoms with Crippen LogP contribution < -0.4 is 5.32 Å². The molecule has 52 heavy (non-hydrogen) atoms. The highest BCUT2D eigenvalue weighted by molar-refractivity contribution is 7.80. The van der Waals surface area contributed by atoms with E-state index in [4.69, 9.17) is 14.0 Å². The van der Waals surface area contributed by atoms with Crippen LogP contribution in [0.25, 0.3) is 0 Å². The SMILES string of the molecule is CCCCCCCC/C=C\CCCCCC(=O)NC(COC1OC(CO)C(O)C(OS(=O)(=O)O)C1O)C(O)/C=C/CCCCCCCCCCCC. The fourth-order valence-electron chi connectivity index (χ4n) is 6.27. The predicted octanol–water partition coefficient (Wildman–Crippen LogP) is 6.60. The highest BCUT2D eigenvalue weighted by Gasteiger charge is 2.48. The summed E-state index contributed by atoms with van der Waals surface area (Å²) in [5, 5.41) is 44.4. The van der Waals surface area contributed by atoms with Gasteiger partial charge >= 0.3 is 10.4 Å². The van der Waals surface area contributed by atoms with Crippen LogP contribution in [-0.2, 0) is 28.9 Å². The van der Waals surface area contributed by atoms with E-state index in [0.717, 1.165) is 44.9 Å². The van der Waals surface area contributed by atoms with Gasteiger partial charge in [0, 0.05) is 6.42 Å². The second-order valence-electron chi connectivity index (χ2n) is 14.2. The molecule has 1 rings (SSSR count). The molecule has 0 saturated carbocycles. The number of aliphatic hydroxyl groups is 4. The molecule has 0 bridgehead atoms. The van der Waals surface area contributed by atoms with Gasteiger partial charge in [0.05, 0.1) is 25.4 Å². The molecule has 0 aromatic carbocycles. The number of amides is 1. The van der Waals surface area contributed by atoms with E-state index in [-0.39, 0.29) is 18.9 Å². The van der Waals surface area contributed by atoms with Gasteiger partial charge in [-0.05, 0) is 44.9 Å². The lowest BCUT2D eigenvalue weighted by atomic mass is 9.99. The number of ether oxygens (including phenoxy) is 2. The van der Waals surface area contributed by atoms with Crippen molar-refractivity contribution in [2.24, 2.45) is 0 Å². The summed E-state index contributed by atoms with van der Waals surface area (Å²) in [6, 6.07) is -0.947. The van der Waals surface area contributed by atoms with Crippen molar-refractivity contribution >= 4 is 16.3 Å². The van der Waals surface area contributed by atoms with Gasteiger partial charge in [0.1, 0.15) is 24.4 Å². The van der Waals surface area contributed by atoms with Crippen LogP contribution in [0.15, 0.2) is 24.3 Å². The molecule has 306 valence electrons. The number of carbonyl (C=O) groups excluding carboxylic acids is 1. The largest absolute Gasteiger partial charge is 0.397 e. The second kappa shape index (κ2) is 30.9. The van der Waals surface area contributed by atoms with Gasteiger partial charge in [-0.1, -0.05) is 134 Å². The quantitative estimate of drug-likeness (QED) is 0.0240. The molecule has 0 aliphatic carbocycles. The first-order valence-corrected chi connectivity index (χ1v) is 21.6. The normalized spacial score (nSPS) is 22.3. The van der Waals surface area contributed by atoms with Crippen molar-refractivity contribution < 1.29 is 51.8 Å². The van der Waals surface area contributed by atoms with Gasteiger partial charge in [0.25, 0.3) is 0 Å². The Labute approximate surface area is 314 Å². The highest BCUT2D eigenvalue weighted by atomic mass is 32.3. The van der Waals surface area contributed by atoms with Crippen molar-refractivity contribution in [2.45, 2.75) is 204 Å². The molecule has 7 unspecified atom stereocenters. The number of hydrogen-bond acceptors (Lipinski definition) is 10. The van der Waals surface area contributed by atoms with Gasteiger partial charge < -0.3 is 35.2 Å². The predicted molar refractivity (Wildman–Crippen MR) is 204 cm³/mol. The second-order valence-corrected chi connectivity index (χ2v) is 15.3. The van der Waals surface area contributed by atoms with Gasteiger partial charge in [0.15, 0.2) is 6.29 Å². The number of unbranched alkanes of at least 4 members (excludes halogenated alkanes) is 19. The molecule has 1 aliphatic rings. The van der Waals surface area contributed by atoms with E-state index in [1.807, 2.05) is 6.08 Å². The molecule has 0 aromatic rings. The van der Waals surface area contributed by atoms with Crippen molar-refractivity contribution in [1.29, 1.82) is 0 Å². The van der Waals surface area contributed by atoms with Crippen molar-refractivity contribution in [3.8, 4) is 0 Å². The van der Waals surface area contributed by atoms with Crippen molar-refractivity contribution in [3.05, 3.63) is 24.3 Å².